The highest BCUT2D eigenvalue weighted by Gasteiger charge is 2.20. The van der Waals surface area contributed by atoms with Crippen molar-refractivity contribution < 1.29 is 0 Å². The van der Waals surface area contributed by atoms with Gasteiger partial charge in [0.25, 0.3) is 0 Å². The molecule has 62 valence electrons. The molecule has 1 fully saturated rings. The van der Waals surface area contributed by atoms with Gasteiger partial charge in [0.2, 0.25) is 0 Å². The van der Waals surface area contributed by atoms with Crippen LogP contribution in [0.3, 0.4) is 0 Å². The maximum Gasteiger partial charge on any atom is 0.102 e. The number of nitrogens with two attached hydrogens (primary N) is 1. The fourth-order valence-electron chi connectivity index (χ4n) is 1.01. The van der Waals surface area contributed by atoms with Crippen LogP contribution in [0, 0.1) is 5.92 Å². The lowest BCUT2D eigenvalue weighted by atomic mass is 9.85. The summed E-state index contributed by atoms with van der Waals surface area (Å²) in [6, 6.07) is 0. The van der Waals surface area contributed by atoms with Gasteiger partial charge >= 0.3 is 0 Å². The van der Waals surface area contributed by atoms with E-state index in [1.54, 1.807) is 12.4 Å². The SMILES string of the molecule is CN/C=C\N=C(N)C1CCC1. The van der Waals surface area contributed by atoms with Crippen molar-refractivity contribution in [3.05, 3.63) is 12.4 Å². The molecule has 3 nitrogen and oxygen atoms in total. The van der Waals surface area contributed by atoms with Gasteiger partial charge in [-0.05, 0) is 12.8 Å². The monoisotopic (exact) mass is 153 g/mol. The second-order valence-electron chi connectivity index (χ2n) is 2.79. The topological polar surface area (TPSA) is 50.4 Å². The summed E-state index contributed by atoms with van der Waals surface area (Å²) >= 11 is 0. The number of rotatable bonds is 3. The van der Waals surface area contributed by atoms with E-state index in [4.69, 9.17) is 5.73 Å². The molecule has 0 saturated heterocycles. The van der Waals surface area contributed by atoms with Crippen molar-refractivity contribution in [1.82, 2.24) is 5.32 Å². The molecule has 0 unspecified atom stereocenters. The maximum absolute atomic E-state index is 5.69. The predicted molar refractivity (Wildman–Crippen MR) is 47.2 cm³/mol. The molecule has 1 aliphatic carbocycles. The van der Waals surface area contributed by atoms with Crippen LogP contribution in [0.4, 0.5) is 0 Å². The van der Waals surface area contributed by atoms with Gasteiger partial charge in [0.1, 0.15) is 5.84 Å². The molecule has 0 spiro atoms. The Morgan fingerprint density at radius 1 is 1.64 bits per heavy atom. The second kappa shape index (κ2) is 4.01. The average molecular weight is 153 g/mol. The molecule has 11 heavy (non-hydrogen) atoms. The highest BCUT2D eigenvalue weighted by Crippen LogP contribution is 2.26. The zero-order valence-electron chi connectivity index (χ0n) is 6.88. The highest BCUT2D eigenvalue weighted by atomic mass is 14.9. The van der Waals surface area contributed by atoms with E-state index in [1.165, 1.54) is 19.3 Å². The first kappa shape index (κ1) is 8.11. The van der Waals surface area contributed by atoms with Gasteiger partial charge in [0.15, 0.2) is 0 Å². The summed E-state index contributed by atoms with van der Waals surface area (Å²) in [7, 11) is 1.84. The van der Waals surface area contributed by atoms with Crippen molar-refractivity contribution in [2.75, 3.05) is 7.05 Å². The van der Waals surface area contributed by atoms with Crippen LogP contribution in [0.2, 0.25) is 0 Å². The number of aliphatic imine (C=N–C) groups is 1. The van der Waals surface area contributed by atoms with Crippen LogP contribution in [0.15, 0.2) is 17.4 Å². The van der Waals surface area contributed by atoms with Gasteiger partial charge in [0, 0.05) is 25.4 Å². The molecule has 1 rings (SSSR count). The molecule has 0 aromatic heterocycles. The van der Waals surface area contributed by atoms with Gasteiger partial charge in [-0.3, -0.25) is 0 Å². The summed E-state index contributed by atoms with van der Waals surface area (Å²) in [5.74, 6) is 1.33. The van der Waals surface area contributed by atoms with Crippen molar-refractivity contribution in [1.29, 1.82) is 0 Å². The average Bonchev–Trinajstić information content (AvgIpc) is 1.84. The van der Waals surface area contributed by atoms with E-state index in [1.807, 2.05) is 7.05 Å². The standard InChI is InChI=1S/C8H15N3/c1-10-5-6-11-8(9)7-3-2-4-7/h5-7,10H,2-4H2,1H3,(H2,9,11)/b6-5-. The smallest absolute Gasteiger partial charge is 0.102 e. The third kappa shape index (κ3) is 2.26. The molecule has 0 atom stereocenters. The molecular weight excluding hydrogens is 138 g/mol. The maximum atomic E-state index is 5.69. The number of hydrogen-bond donors (Lipinski definition) is 2. The number of amidine groups is 1. The van der Waals surface area contributed by atoms with Gasteiger partial charge < -0.3 is 11.1 Å². The Morgan fingerprint density at radius 3 is 2.82 bits per heavy atom. The third-order valence-electron chi connectivity index (χ3n) is 1.99. The van der Waals surface area contributed by atoms with Crippen LogP contribution in [0.1, 0.15) is 19.3 Å². The van der Waals surface area contributed by atoms with E-state index in [9.17, 15) is 0 Å². The van der Waals surface area contributed by atoms with E-state index in [2.05, 4.69) is 10.3 Å². The largest absolute Gasteiger partial charge is 0.393 e. The first-order valence-electron chi connectivity index (χ1n) is 4.00. The fraction of sp³-hybridized carbons (Fsp3) is 0.625. The van der Waals surface area contributed by atoms with Crippen LogP contribution in [0.5, 0.6) is 0 Å². The van der Waals surface area contributed by atoms with Gasteiger partial charge in [-0.2, -0.15) is 0 Å². The quantitative estimate of drug-likeness (QED) is 0.466. The summed E-state index contributed by atoms with van der Waals surface area (Å²) in [4.78, 5) is 4.09. The lowest BCUT2D eigenvalue weighted by molar-refractivity contribution is 0.411. The minimum atomic E-state index is 0.552. The Bertz CT molecular complexity index is 168. The highest BCUT2D eigenvalue weighted by molar-refractivity contribution is 5.83. The van der Waals surface area contributed by atoms with Crippen LogP contribution >= 0.6 is 0 Å². The summed E-state index contributed by atoms with van der Waals surface area (Å²) in [6.07, 6.45) is 7.20. The normalized spacial score (nSPS) is 20.3. The Hall–Kier alpha value is -0.990. The van der Waals surface area contributed by atoms with Crippen molar-refractivity contribution in [2.24, 2.45) is 16.6 Å². The Balaban J connectivity index is 2.31. The number of nitrogens with zero attached hydrogens (tertiary/aromatic N) is 1. The van der Waals surface area contributed by atoms with Crippen molar-refractivity contribution in [3.8, 4) is 0 Å². The molecule has 3 N–H and O–H groups in total. The predicted octanol–water partition coefficient (Wildman–Crippen LogP) is 0.834. The summed E-state index contributed by atoms with van der Waals surface area (Å²) in [6.45, 7) is 0. The van der Waals surface area contributed by atoms with Gasteiger partial charge in [-0.25, -0.2) is 4.99 Å². The minimum absolute atomic E-state index is 0.552. The molecule has 0 heterocycles. The van der Waals surface area contributed by atoms with Gasteiger partial charge in [-0.15, -0.1) is 0 Å². The summed E-state index contributed by atoms with van der Waals surface area (Å²) in [5.41, 5.74) is 5.69. The van der Waals surface area contributed by atoms with Crippen LogP contribution in [0.25, 0.3) is 0 Å². The zero-order valence-corrected chi connectivity index (χ0v) is 6.88. The Morgan fingerprint density at radius 2 is 2.36 bits per heavy atom. The lowest BCUT2D eigenvalue weighted by Crippen LogP contribution is -2.28. The molecule has 0 aliphatic heterocycles. The minimum Gasteiger partial charge on any atom is -0.393 e. The van der Waals surface area contributed by atoms with E-state index < -0.39 is 0 Å². The van der Waals surface area contributed by atoms with Crippen LogP contribution in [-0.4, -0.2) is 12.9 Å². The van der Waals surface area contributed by atoms with Crippen molar-refractivity contribution in [3.63, 3.8) is 0 Å². The molecule has 0 radical (unpaired) electrons. The fourth-order valence-corrected chi connectivity index (χ4v) is 1.01. The molecule has 0 aromatic rings. The van der Waals surface area contributed by atoms with Gasteiger partial charge in [0.05, 0.1) is 0 Å². The first-order valence-corrected chi connectivity index (χ1v) is 4.00. The Kier molecular flexibility index (Phi) is 2.95. The molecular formula is C8H15N3. The molecule has 3 heteroatoms. The van der Waals surface area contributed by atoms with Crippen molar-refractivity contribution in [2.45, 2.75) is 19.3 Å². The molecule has 0 aromatic carbocycles. The van der Waals surface area contributed by atoms with E-state index in [0.717, 1.165) is 5.84 Å². The van der Waals surface area contributed by atoms with Crippen LogP contribution < -0.4 is 11.1 Å². The Labute approximate surface area is 67.4 Å². The number of hydrogen-bond acceptors (Lipinski definition) is 2. The molecule has 1 saturated carbocycles. The lowest BCUT2D eigenvalue weighted by Gasteiger charge is -2.23. The van der Waals surface area contributed by atoms with Gasteiger partial charge in [-0.1, -0.05) is 6.42 Å². The number of nitrogens with one attached hydrogen (secondary N) is 1. The van der Waals surface area contributed by atoms with E-state index >= 15 is 0 Å². The summed E-state index contributed by atoms with van der Waals surface area (Å²) in [5, 5.41) is 2.85. The molecule has 0 bridgehead atoms. The summed E-state index contributed by atoms with van der Waals surface area (Å²) < 4.78 is 0. The van der Waals surface area contributed by atoms with E-state index in [0.29, 0.717) is 5.92 Å². The second-order valence-corrected chi connectivity index (χ2v) is 2.79. The zero-order chi connectivity index (χ0) is 8.10. The van der Waals surface area contributed by atoms with Crippen molar-refractivity contribution >= 4 is 5.84 Å². The third-order valence-corrected chi connectivity index (χ3v) is 1.99. The first-order chi connectivity index (χ1) is 5.34. The van der Waals surface area contributed by atoms with Crippen LogP contribution in [-0.2, 0) is 0 Å². The molecule has 1 aliphatic rings. The van der Waals surface area contributed by atoms with E-state index in [-0.39, 0.29) is 0 Å². The molecule has 0 amide bonds.